The van der Waals surface area contributed by atoms with E-state index >= 15 is 0 Å². The Morgan fingerprint density at radius 3 is 2.65 bits per heavy atom. The molecule has 4 rings (SSSR count). The molecule has 0 aromatic heterocycles. The number of hydrogen-bond donors (Lipinski definition) is 0. The van der Waals surface area contributed by atoms with Crippen LogP contribution in [0.4, 0.5) is 0 Å². The highest BCUT2D eigenvalue weighted by Crippen LogP contribution is 2.65. The standard InChI is InChI=1S/C21H33NO/c1-5-14-6-8-16-15-7-9-18-21(3,13-11-19(23)22(18)4)17(15)10-12-20(14,16)2/h11,13-18H,5-10,12H2,1-4H3/t14-,15?,16?,17?,18?,20+,21+/m0/s1. The molecule has 0 N–H and O–H groups in total. The quantitative estimate of drug-likeness (QED) is 0.689. The van der Waals surface area contributed by atoms with Crippen LogP contribution < -0.4 is 0 Å². The maximum atomic E-state index is 12.1. The molecule has 23 heavy (non-hydrogen) atoms. The van der Waals surface area contributed by atoms with Crippen LogP contribution >= 0.6 is 0 Å². The van der Waals surface area contributed by atoms with E-state index in [1.165, 1.54) is 44.9 Å². The molecule has 3 saturated carbocycles. The first kappa shape index (κ1) is 15.7. The minimum absolute atomic E-state index is 0.206. The molecule has 0 spiro atoms. The van der Waals surface area contributed by atoms with E-state index < -0.39 is 0 Å². The molecule has 3 aliphatic carbocycles. The van der Waals surface area contributed by atoms with Gasteiger partial charge in [-0.2, -0.15) is 0 Å². The molecule has 0 aromatic rings. The zero-order valence-corrected chi connectivity index (χ0v) is 15.3. The van der Waals surface area contributed by atoms with Crippen molar-refractivity contribution in [2.24, 2.45) is 34.5 Å². The minimum Gasteiger partial charge on any atom is -0.338 e. The van der Waals surface area contributed by atoms with Gasteiger partial charge in [-0.25, -0.2) is 0 Å². The molecular weight excluding hydrogens is 282 g/mol. The molecule has 2 nitrogen and oxygen atoms in total. The van der Waals surface area contributed by atoms with Crippen LogP contribution in [-0.4, -0.2) is 23.9 Å². The van der Waals surface area contributed by atoms with Crippen LogP contribution in [-0.2, 0) is 4.79 Å². The lowest BCUT2D eigenvalue weighted by Crippen LogP contribution is -2.59. The number of nitrogens with zero attached hydrogens (tertiary/aromatic N) is 1. The zero-order chi connectivity index (χ0) is 16.4. The van der Waals surface area contributed by atoms with Crippen molar-refractivity contribution in [1.29, 1.82) is 0 Å². The van der Waals surface area contributed by atoms with Crippen LogP contribution in [0.2, 0.25) is 0 Å². The van der Waals surface area contributed by atoms with Gasteiger partial charge in [-0.3, -0.25) is 4.79 Å². The van der Waals surface area contributed by atoms with Gasteiger partial charge in [0, 0.05) is 18.5 Å². The number of carbonyl (C=O) groups is 1. The minimum atomic E-state index is 0.206. The van der Waals surface area contributed by atoms with Crippen molar-refractivity contribution in [2.45, 2.75) is 71.8 Å². The number of carbonyl (C=O) groups excluding carboxylic acids is 1. The van der Waals surface area contributed by atoms with Crippen LogP contribution in [0, 0.1) is 34.5 Å². The van der Waals surface area contributed by atoms with E-state index in [2.05, 4.69) is 26.8 Å². The van der Waals surface area contributed by atoms with E-state index in [0.29, 0.717) is 11.5 Å². The SMILES string of the molecule is CC[C@H]1CCC2C3CCC4N(C)C(=O)C=C[C@]4(C)C3CC[C@@]21C. The highest BCUT2D eigenvalue weighted by atomic mass is 16.2. The Morgan fingerprint density at radius 2 is 1.91 bits per heavy atom. The Balaban J connectivity index is 1.67. The molecule has 0 radical (unpaired) electrons. The monoisotopic (exact) mass is 315 g/mol. The van der Waals surface area contributed by atoms with Crippen LogP contribution in [0.15, 0.2) is 12.2 Å². The Morgan fingerprint density at radius 1 is 1.13 bits per heavy atom. The van der Waals surface area contributed by atoms with Crippen molar-refractivity contribution in [2.75, 3.05) is 7.05 Å². The van der Waals surface area contributed by atoms with Gasteiger partial charge in [-0.1, -0.05) is 33.3 Å². The fraction of sp³-hybridized carbons (Fsp3) is 0.857. The van der Waals surface area contributed by atoms with Gasteiger partial charge >= 0.3 is 0 Å². The van der Waals surface area contributed by atoms with Crippen LogP contribution in [0.3, 0.4) is 0 Å². The average Bonchev–Trinajstić information content (AvgIpc) is 2.88. The molecular formula is C21H33NO. The topological polar surface area (TPSA) is 20.3 Å². The van der Waals surface area contributed by atoms with Gasteiger partial charge in [0.1, 0.15) is 0 Å². The second-order valence-electron chi connectivity index (χ2n) is 9.35. The summed E-state index contributed by atoms with van der Waals surface area (Å²) in [6, 6.07) is 0.425. The van der Waals surface area contributed by atoms with E-state index in [1.807, 2.05) is 18.0 Å². The molecule has 4 unspecified atom stereocenters. The second-order valence-corrected chi connectivity index (χ2v) is 9.35. The fourth-order valence-electron chi connectivity index (χ4n) is 7.52. The first-order chi connectivity index (χ1) is 10.9. The van der Waals surface area contributed by atoms with Gasteiger partial charge in [0.15, 0.2) is 0 Å². The van der Waals surface area contributed by atoms with E-state index in [1.54, 1.807) is 0 Å². The van der Waals surface area contributed by atoms with Crippen molar-refractivity contribution in [1.82, 2.24) is 4.90 Å². The molecule has 0 aromatic carbocycles. The van der Waals surface area contributed by atoms with Gasteiger partial charge in [0.05, 0.1) is 0 Å². The molecule has 2 heteroatoms. The van der Waals surface area contributed by atoms with Crippen molar-refractivity contribution in [3.8, 4) is 0 Å². The Kier molecular flexibility index (Phi) is 3.49. The molecule has 7 atom stereocenters. The highest BCUT2D eigenvalue weighted by molar-refractivity contribution is 5.89. The van der Waals surface area contributed by atoms with Crippen LogP contribution in [0.25, 0.3) is 0 Å². The Bertz CT molecular complexity index is 540. The summed E-state index contributed by atoms with van der Waals surface area (Å²) in [6.45, 7) is 7.45. The molecule has 1 aliphatic heterocycles. The maximum absolute atomic E-state index is 12.1. The summed E-state index contributed by atoms with van der Waals surface area (Å²) in [5, 5.41) is 0. The summed E-state index contributed by atoms with van der Waals surface area (Å²) < 4.78 is 0. The summed E-state index contributed by atoms with van der Waals surface area (Å²) in [4.78, 5) is 14.1. The van der Waals surface area contributed by atoms with Gasteiger partial charge in [0.25, 0.3) is 0 Å². The third kappa shape index (κ3) is 1.96. The van der Waals surface area contributed by atoms with Gasteiger partial charge < -0.3 is 4.90 Å². The molecule has 128 valence electrons. The van der Waals surface area contributed by atoms with Gasteiger partial charge in [0.2, 0.25) is 5.91 Å². The number of fused-ring (bicyclic) bond motifs is 5. The van der Waals surface area contributed by atoms with Gasteiger partial charge in [-0.15, -0.1) is 0 Å². The summed E-state index contributed by atoms with van der Waals surface area (Å²) in [6.07, 6.45) is 13.7. The third-order valence-electron chi connectivity index (χ3n) is 8.82. The van der Waals surface area contributed by atoms with Crippen molar-refractivity contribution >= 4 is 5.91 Å². The van der Waals surface area contributed by atoms with Crippen LogP contribution in [0.1, 0.15) is 65.7 Å². The third-order valence-corrected chi connectivity index (χ3v) is 8.82. The highest BCUT2D eigenvalue weighted by Gasteiger charge is 2.59. The Labute approximate surface area is 141 Å². The van der Waals surface area contributed by atoms with E-state index in [-0.39, 0.29) is 11.3 Å². The molecule has 0 saturated heterocycles. The van der Waals surface area contributed by atoms with Crippen molar-refractivity contribution in [3.63, 3.8) is 0 Å². The maximum Gasteiger partial charge on any atom is 0.246 e. The number of hydrogen-bond acceptors (Lipinski definition) is 1. The molecule has 1 heterocycles. The first-order valence-corrected chi connectivity index (χ1v) is 9.88. The summed E-state index contributed by atoms with van der Waals surface area (Å²) in [5.41, 5.74) is 0.802. The molecule has 1 amide bonds. The smallest absolute Gasteiger partial charge is 0.246 e. The average molecular weight is 316 g/mol. The van der Waals surface area contributed by atoms with Crippen LogP contribution in [0.5, 0.6) is 0 Å². The second kappa shape index (κ2) is 5.10. The number of likely N-dealkylation sites (N-methyl/N-ethyl adjacent to an activating group) is 1. The first-order valence-electron chi connectivity index (χ1n) is 9.88. The predicted molar refractivity (Wildman–Crippen MR) is 93.9 cm³/mol. The number of rotatable bonds is 1. The van der Waals surface area contributed by atoms with E-state index in [9.17, 15) is 4.79 Å². The molecule has 3 fully saturated rings. The lowest BCUT2D eigenvalue weighted by atomic mass is 9.47. The lowest BCUT2D eigenvalue weighted by Gasteiger charge is -2.60. The van der Waals surface area contributed by atoms with Gasteiger partial charge in [-0.05, 0) is 73.7 Å². The van der Waals surface area contributed by atoms with Crippen molar-refractivity contribution < 1.29 is 4.79 Å². The Hall–Kier alpha value is -0.790. The molecule has 0 bridgehead atoms. The summed E-state index contributed by atoms with van der Waals surface area (Å²) in [7, 11) is 2.02. The molecule has 4 aliphatic rings. The van der Waals surface area contributed by atoms with E-state index in [4.69, 9.17) is 0 Å². The fourth-order valence-corrected chi connectivity index (χ4v) is 7.52. The zero-order valence-electron chi connectivity index (χ0n) is 15.3. The predicted octanol–water partition coefficient (Wildman–Crippen LogP) is 4.65. The van der Waals surface area contributed by atoms with Crippen molar-refractivity contribution in [3.05, 3.63) is 12.2 Å². The largest absolute Gasteiger partial charge is 0.338 e. The lowest BCUT2D eigenvalue weighted by molar-refractivity contribution is -0.138. The summed E-state index contributed by atoms with van der Waals surface area (Å²) in [5.74, 6) is 3.75. The van der Waals surface area contributed by atoms with E-state index in [0.717, 1.165) is 23.7 Å². The number of amides is 1. The summed E-state index contributed by atoms with van der Waals surface area (Å²) >= 11 is 0. The normalized spacial score (nSPS) is 52.1.